The van der Waals surface area contributed by atoms with E-state index in [1.807, 2.05) is 6.26 Å². The van der Waals surface area contributed by atoms with Crippen LogP contribution in [0.15, 0.2) is 0 Å². The number of ether oxygens (including phenoxy) is 1. The van der Waals surface area contributed by atoms with E-state index in [1.165, 1.54) is 7.11 Å². The number of Topliss-reactive ketones (excluding diaryl/α,β-unsaturated/α-hetero) is 1. The van der Waals surface area contributed by atoms with Crippen molar-refractivity contribution in [1.82, 2.24) is 5.32 Å². The number of methoxy groups -OCH3 is 1. The average molecular weight is 283 g/mol. The fourth-order valence-electron chi connectivity index (χ4n) is 0.853. The average Bonchev–Trinajstić information content (AvgIpc) is 2.30. The SMILES string of the molecule is COC(=O)[C@H](C)NCC(=O)CCSSSC. The Morgan fingerprint density at radius 3 is 2.69 bits per heavy atom. The molecule has 0 fully saturated rings. The van der Waals surface area contributed by atoms with Crippen molar-refractivity contribution in [2.24, 2.45) is 0 Å². The van der Waals surface area contributed by atoms with Crippen LogP contribution in [0.2, 0.25) is 0 Å². The first-order valence-corrected chi connectivity index (χ1v) is 8.83. The fourth-order valence-corrected chi connectivity index (χ4v) is 3.55. The zero-order chi connectivity index (χ0) is 12.4. The zero-order valence-corrected chi connectivity index (χ0v) is 12.1. The highest BCUT2D eigenvalue weighted by molar-refractivity contribution is 9.09. The van der Waals surface area contributed by atoms with Gasteiger partial charge in [0.1, 0.15) is 11.8 Å². The zero-order valence-electron chi connectivity index (χ0n) is 9.65. The van der Waals surface area contributed by atoms with Crippen molar-refractivity contribution in [3.05, 3.63) is 0 Å². The van der Waals surface area contributed by atoms with E-state index < -0.39 is 6.04 Å². The molecule has 0 spiro atoms. The molecule has 0 radical (unpaired) electrons. The molecule has 0 aliphatic rings. The Balaban J connectivity index is 3.53. The normalized spacial score (nSPS) is 12.2. The fraction of sp³-hybridized carbons (Fsp3) is 0.778. The summed E-state index contributed by atoms with van der Waals surface area (Å²) in [5, 5.41) is 2.83. The van der Waals surface area contributed by atoms with E-state index in [0.29, 0.717) is 6.42 Å². The molecule has 0 aliphatic carbocycles. The summed E-state index contributed by atoms with van der Waals surface area (Å²) in [6.45, 7) is 1.90. The van der Waals surface area contributed by atoms with Crippen LogP contribution in [0.5, 0.6) is 0 Å². The minimum absolute atomic E-state index is 0.116. The van der Waals surface area contributed by atoms with Gasteiger partial charge in [0, 0.05) is 12.2 Å². The summed E-state index contributed by atoms with van der Waals surface area (Å²) in [5.41, 5.74) is 0. The van der Waals surface area contributed by atoms with Crippen molar-refractivity contribution in [1.29, 1.82) is 0 Å². The molecule has 7 heteroatoms. The van der Waals surface area contributed by atoms with E-state index in [9.17, 15) is 9.59 Å². The summed E-state index contributed by atoms with van der Waals surface area (Å²) in [5.74, 6) is 0.573. The van der Waals surface area contributed by atoms with Gasteiger partial charge in [-0.25, -0.2) is 0 Å². The second-order valence-corrected chi connectivity index (χ2v) is 7.42. The Kier molecular flexibility index (Phi) is 10.4. The molecule has 0 unspecified atom stereocenters. The molecule has 0 bridgehead atoms. The maximum Gasteiger partial charge on any atom is 0.322 e. The first-order chi connectivity index (χ1) is 7.61. The van der Waals surface area contributed by atoms with Gasteiger partial charge in [0.2, 0.25) is 0 Å². The predicted molar refractivity (Wildman–Crippen MR) is 72.7 cm³/mol. The van der Waals surface area contributed by atoms with E-state index in [-0.39, 0.29) is 18.3 Å². The first kappa shape index (κ1) is 16.1. The summed E-state index contributed by atoms with van der Waals surface area (Å²) in [6, 6.07) is -0.429. The number of carbonyl (C=O) groups is 2. The molecule has 0 heterocycles. The molecular weight excluding hydrogens is 266 g/mol. The van der Waals surface area contributed by atoms with Gasteiger partial charge in [-0.3, -0.25) is 14.9 Å². The van der Waals surface area contributed by atoms with Gasteiger partial charge in [-0.1, -0.05) is 21.6 Å². The third kappa shape index (κ3) is 8.32. The van der Waals surface area contributed by atoms with Crippen LogP contribution in [0.4, 0.5) is 0 Å². The second kappa shape index (κ2) is 10.3. The number of carbonyl (C=O) groups excluding carboxylic acids is 2. The molecule has 16 heavy (non-hydrogen) atoms. The Morgan fingerprint density at radius 1 is 1.44 bits per heavy atom. The molecule has 0 saturated heterocycles. The Morgan fingerprint density at radius 2 is 2.12 bits per heavy atom. The van der Waals surface area contributed by atoms with Crippen LogP contribution < -0.4 is 5.32 Å². The first-order valence-electron chi connectivity index (χ1n) is 4.77. The highest BCUT2D eigenvalue weighted by Gasteiger charge is 2.13. The van der Waals surface area contributed by atoms with Gasteiger partial charge in [-0.05, 0) is 23.0 Å². The highest BCUT2D eigenvalue weighted by Crippen LogP contribution is 2.32. The molecule has 1 atom stereocenters. The molecule has 4 nitrogen and oxygen atoms in total. The standard InChI is InChI=1S/C9H17NO3S3/c1-7(9(12)13-2)10-6-8(11)4-5-15-16-14-3/h7,10H,4-6H2,1-3H3/t7-/m0/s1. The van der Waals surface area contributed by atoms with Gasteiger partial charge in [-0.15, -0.1) is 0 Å². The van der Waals surface area contributed by atoms with Gasteiger partial charge in [-0.2, -0.15) is 0 Å². The van der Waals surface area contributed by atoms with Crippen molar-refractivity contribution >= 4 is 43.2 Å². The van der Waals surface area contributed by atoms with Crippen LogP contribution in [0, 0.1) is 0 Å². The number of hydrogen-bond donors (Lipinski definition) is 1. The van der Waals surface area contributed by atoms with Crippen LogP contribution >= 0.6 is 31.4 Å². The minimum atomic E-state index is -0.429. The maximum absolute atomic E-state index is 11.4. The molecule has 0 amide bonds. The van der Waals surface area contributed by atoms with Gasteiger partial charge in [0.05, 0.1) is 13.7 Å². The van der Waals surface area contributed by atoms with Gasteiger partial charge in [0.15, 0.2) is 0 Å². The van der Waals surface area contributed by atoms with E-state index in [2.05, 4.69) is 10.1 Å². The number of rotatable bonds is 9. The summed E-state index contributed by atoms with van der Waals surface area (Å²) < 4.78 is 4.53. The second-order valence-electron chi connectivity index (χ2n) is 2.97. The van der Waals surface area contributed by atoms with Crippen LogP contribution in [-0.4, -0.2) is 43.5 Å². The van der Waals surface area contributed by atoms with Crippen molar-refractivity contribution in [3.63, 3.8) is 0 Å². The van der Waals surface area contributed by atoms with E-state index >= 15 is 0 Å². The largest absolute Gasteiger partial charge is 0.468 e. The molecule has 0 aromatic heterocycles. The number of ketones is 1. The Bertz CT molecular complexity index is 226. The van der Waals surface area contributed by atoms with Crippen LogP contribution in [0.3, 0.4) is 0 Å². The molecule has 1 N–H and O–H groups in total. The Hall–Kier alpha value is 0.150. The smallest absolute Gasteiger partial charge is 0.322 e. The summed E-state index contributed by atoms with van der Waals surface area (Å²) in [4.78, 5) is 22.4. The predicted octanol–water partition coefficient (Wildman–Crippen LogP) is 1.76. The summed E-state index contributed by atoms with van der Waals surface area (Å²) in [7, 11) is 6.34. The third-order valence-corrected chi connectivity index (χ3v) is 5.63. The minimum Gasteiger partial charge on any atom is -0.468 e. The molecule has 0 saturated carbocycles. The van der Waals surface area contributed by atoms with Crippen LogP contribution in [0.1, 0.15) is 13.3 Å². The monoisotopic (exact) mass is 283 g/mol. The quantitative estimate of drug-likeness (QED) is 0.393. The van der Waals surface area contributed by atoms with Crippen molar-refractivity contribution in [2.45, 2.75) is 19.4 Å². The molecule has 0 aromatic rings. The third-order valence-electron chi connectivity index (χ3n) is 1.74. The van der Waals surface area contributed by atoms with Gasteiger partial charge < -0.3 is 4.74 Å². The number of hydrogen-bond acceptors (Lipinski definition) is 7. The maximum atomic E-state index is 11.4. The highest BCUT2D eigenvalue weighted by atomic mass is 33.5. The summed E-state index contributed by atoms with van der Waals surface area (Å²) in [6.07, 6.45) is 2.53. The van der Waals surface area contributed by atoms with Crippen molar-refractivity contribution in [3.8, 4) is 0 Å². The lowest BCUT2D eigenvalue weighted by atomic mass is 10.3. The molecular formula is C9H17NO3S3. The van der Waals surface area contributed by atoms with Gasteiger partial charge in [0.25, 0.3) is 0 Å². The Labute approximate surface area is 108 Å². The molecule has 94 valence electrons. The molecule has 0 rings (SSSR count). The van der Waals surface area contributed by atoms with Gasteiger partial charge >= 0.3 is 5.97 Å². The summed E-state index contributed by atoms with van der Waals surface area (Å²) >= 11 is 0. The lowest BCUT2D eigenvalue weighted by molar-refractivity contribution is -0.142. The van der Waals surface area contributed by atoms with E-state index in [1.54, 1.807) is 38.3 Å². The molecule has 0 aliphatic heterocycles. The van der Waals surface area contributed by atoms with Crippen molar-refractivity contribution < 1.29 is 14.3 Å². The van der Waals surface area contributed by atoms with Crippen LogP contribution in [-0.2, 0) is 14.3 Å². The topological polar surface area (TPSA) is 55.4 Å². The lowest BCUT2D eigenvalue weighted by Crippen LogP contribution is -2.38. The van der Waals surface area contributed by atoms with E-state index in [4.69, 9.17) is 0 Å². The number of esters is 1. The van der Waals surface area contributed by atoms with Crippen LogP contribution in [0.25, 0.3) is 0 Å². The van der Waals surface area contributed by atoms with E-state index in [0.717, 1.165) is 5.75 Å². The van der Waals surface area contributed by atoms with Crippen molar-refractivity contribution in [2.75, 3.05) is 25.7 Å². The molecule has 0 aromatic carbocycles. The number of nitrogens with one attached hydrogen (secondary N) is 1. The lowest BCUT2D eigenvalue weighted by Gasteiger charge is -2.10.